The first-order valence-electron chi connectivity index (χ1n) is 9.06. The number of nitrogens with zero attached hydrogens (tertiary/aromatic N) is 2. The molecule has 0 bridgehead atoms. The average molecular weight is 387 g/mol. The highest BCUT2D eigenvalue weighted by Crippen LogP contribution is 2.21. The molecule has 0 amide bonds. The van der Waals surface area contributed by atoms with Crippen LogP contribution in [-0.2, 0) is 0 Å². The molecule has 0 N–H and O–H groups in total. The molecule has 0 atom stereocenters. The Morgan fingerprint density at radius 1 is 0.929 bits per heavy atom. The molecule has 4 rings (SSSR count). The van der Waals surface area contributed by atoms with E-state index in [4.69, 9.17) is 16.6 Å². The molecule has 4 heteroatoms. The van der Waals surface area contributed by atoms with Crippen molar-refractivity contribution in [3.8, 4) is 5.69 Å². The SMILES string of the molecule is Cc1ccc(-n2c(C=Cc3ccccc3Cl)nc3ccccc3c2=O)c(C)c1. The van der Waals surface area contributed by atoms with Crippen LogP contribution in [0.4, 0.5) is 0 Å². The second-order valence-electron chi connectivity index (χ2n) is 6.77. The van der Waals surface area contributed by atoms with Gasteiger partial charge < -0.3 is 0 Å². The van der Waals surface area contributed by atoms with Gasteiger partial charge in [0.05, 0.1) is 16.6 Å². The molecule has 0 aliphatic carbocycles. The molecule has 0 aliphatic heterocycles. The fraction of sp³-hybridized carbons (Fsp3) is 0.0833. The fourth-order valence-corrected chi connectivity index (χ4v) is 3.52. The van der Waals surface area contributed by atoms with Crippen molar-refractivity contribution in [2.45, 2.75) is 13.8 Å². The summed E-state index contributed by atoms with van der Waals surface area (Å²) in [5.74, 6) is 0.565. The van der Waals surface area contributed by atoms with Crippen molar-refractivity contribution in [2.24, 2.45) is 0 Å². The molecule has 0 unspecified atom stereocenters. The minimum atomic E-state index is -0.0867. The summed E-state index contributed by atoms with van der Waals surface area (Å²) < 4.78 is 1.67. The molecule has 3 nitrogen and oxygen atoms in total. The molecule has 1 aromatic heterocycles. The third-order valence-corrected chi connectivity index (χ3v) is 5.06. The van der Waals surface area contributed by atoms with E-state index in [1.54, 1.807) is 4.57 Å². The molecular weight excluding hydrogens is 368 g/mol. The summed E-state index contributed by atoms with van der Waals surface area (Å²) in [6.45, 7) is 4.04. The van der Waals surface area contributed by atoms with Crippen LogP contribution in [0.15, 0.2) is 71.5 Å². The van der Waals surface area contributed by atoms with Crippen LogP contribution in [0.1, 0.15) is 22.5 Å². The van der Waals surface area contributed by atoms with Crippen LogP contribution in [0.5, 0.6) is 0 Å². The van der Waals surface area contributed by atoms with Crippen molar-refractivity contribution in [1.82, 2.24) is 9.55 Å². The van der Waals surface area contributed by atoms with Crippen LogP contribution in [0.2, 0.25) is 5.02 Å². The van der Waals surface area contributed by atoms with E-state index in [2.05, 4.69) is 6.07 Å². The van der Waals surface area contributed by atoms with Gasteiger partial charge in [-0.2, -0.15) is 0 Å². The number of hydrogen-bond donors (Lipinski definition) is 0. The normalized spacial score (nSPS) is 11.4. The van der Waals surface area contributed by atoms with Gasteiger partial charge >= 0.3 is 0 Å². The lowest BCUT2D eigenvalue weighted by Gasteiger charge is -2.14. The van der Waals surface area contributed by atoms with Gasteiger partial charge in [-0.1, -0.05) is 59.6 Å². The van der Waals surface area contributed by atoms with Crippen molar-refractivity contribution in [1.29, 1.82) is 0 Å². The lowest BCUT2D eigenvalue weighted by Crippen LogP contribution is -2.23. The molecule has 0 saturated heterocycles. The molecule has 0 saturated carbocycles. The van der Waals surface area contributed by atoms with Gasteiger partial charge in [-0.25, -0.2) is 4.98 Å². The number of hydrogen-bond acceptors (Lipinski definition) is 2. The summed E-state index contributed by atoms with van der Waals surface area (Å²) in [6.07, 6.45) is 3.73. The van der Waals surface area contributed by atoms with Crippen LogP contribution in [-0.4, -0.2) is 9.55 Å². The lowest BCUT2D eigenvalue weighted by molar-refractivity contribution is 0.933. The Morgan fingerprint density at radius 2 is 1.68 bits per heavy atom. The van der Waals surface area contributed by atoms with E-state index in [1.165, 1.54) is 0 Å². The summed E-state index contributed by atoms with van der Waals surface area (Å²) in [5, 5.41) is 1.25. The first-order chi connectivity index (χ1) is 13.5. The first kappa shape index (κ1) is 18.2. The van der Waals surface area contributed by atoms with Crippen LogP contribution >= 0.6 is 11.6 Å². The molecule has 1 heterocycles. The number of fused-ring (bicyclic) bond motifs is 1. The van der Waals surface area contributed by atoms with E-state index in [0.717, 1.165) is 22.4 Å². The number of para-hydroxylation sites is 1. The van der Waals surface area contributed by atoms with Gasteiger partial charge in [0.2, 0.25) is 0 Å². The minimum absolute atomic E-state index is 0.0867. The van der Waals surface area contributed by atoms with Gasteiger partial charge in [0.1, 0.15) is 5.82 Å². The van der Waals surface area contributed by atoms with Crippen LogP contribution < -0.4 is 5.56 Å². The van der Waals surface area contributed by atoms with E-state index >= 15 is 0 Å². The van der Waals surface area contributed by atoms with Gasteiger partial charge in [0.15, 0.2) is 0 Å². The molecule has 4 aromatic rings. The van der Waals surface area contributed by atoms with E-state index in [0.29, 0.717) is 21.7 Å². The summed E-state index contributed by atoms with van der Waals surface area (Å²) >= 11 is 6.28. The van der Waals surface area contributed by atoms with Crippen molar-refractivity contribution in [2.75, 3.05) is 0 Å². The van der Waals surface area contributed by atoms with Crippen LogP contribution in [0.3, 0.4) is 0 Å². The number of halogens is 1. The van der Waals surface area contributed by atoms with E-state index in [-0.39, 0.29) is 5.56 Å². The second kappa shape index (κ2) is 7.45. The van der Waals surface area contributed by atoms with E-state index in [9.17, 15) is 4.79 Å². The molecule has 0 fully saturated rings. The first-order valence-corrected chi connectivity index (χ1v) is 9.44. The quantitative estimate of drug-likeness (QED) is 0.444. The standard InChI is InChI=1S/C24H19ClN2O/c1-16-11-13-22(17(2)15-16)27-23(14-12-18-7-3-5-9-20(18)25)26-21-10-6-4-8-19(21)24(27)28/h3-15H,1-2H3. The molecule has 0 aliphatic rings. The highest BCUT2D eigenvalue weighted by Gasteiger charge is 2.13. The smallest absolute Gasteiger partial charge is 0.266 e. The molecular formula is C24H19ClN2O. The van der Waals surface area contributed by atoms with Gasteiger partial charge in [-0.3, -0.25) is 9.36 Å². The highest BCUT2D eigenvalue weighted by molar-refractivity contribution is 6.32. The van der Waals surface area contributed by atoms with Crippen LogP contribution in [0.25, 0.3) is 28.7 Å². The van der Waals surface area contributed by atoms with Crippen molar-refractivity contribution >= 4 is 34.7 Å². The maximum atomic E-state index is 13.3. The Labute approximate surface area is 168 Å². The highest BCUT2D eigenvalue weighted by atomic mass is 35.5. The molecule has 3 aromatic carbocycles. The monoisotopic (exact) mass is 386 g/mol. The summed E-state index contributed by atoms with van der Waals surface area (Å²) in [4.78, 5) is 18.1. The Bertz CT molecular complexity index is 1270. The van der Waals surface area contributed by atoms with Crippen molar-refractivity contribution in [3.63, 3.8) is 0 Å². The fourth-order valence-electron chi connectivity index (χ4n) is 3.33. The average Bonchev–Trinajstić information content (AvgIpc) is 2.68. The minimum Gasteiger partial charge on any atom is -0.268 e. The third kappa shape index (κ3) is 3.37. The third-order valence-electron chi connectivity index (χ3n) is 4.71. The van der Waals surface area contributed by atoms with E-state index in [1.807, 2.05) is 86.7 Å². The van der Waals surface area contributed by atoms with Gasteiger partial charge in [0, 0.05) is 5.02 Å². The summed E-state index contributed by atoms with van der Waals surface area (Å²) in [5.41, 5.74) is 4.46. The number of rotatable bonds is 3. The maximum Gasteiger partial charge on any atom is 0.266 e. The Morgan fingerprint density at radius 3 is 2.46 bits per heavy atom. The largest absolute Gasteiger partial charge is 0.268 e. The number of benzene rings is 3. The lowest BCUT2D eigenvalue weighted by atomic mass is 10.1. The molecule has 28 heavy (non-hydrogen) atoms. The second-order valence-corrected chi connectivity index (χ2v) is 7.18. The zero-order chi connectivity index (χ0) is 19.7. The Hall–Kier alpha value is -3.17. The van der Waals surface area contributed by atoms with Gasteiger partial charge in [-0.05, 0) is 61.4 Å². The molecule has 0 spiro atoms. The Kier molecular flexibility index (Phi) is 4.84. The maximum absolute atomic E-state index is 13.3. The zero-order valence-electron chi connectivity index (χ0n) is 15.7. The van der Waals surface area contributed by atoms with Crippen molar-refractivity contribution in [3.05, 3.63) is 105 Å². The predicted octanol–water partition coefficient (Wildman–Crippen LogP) is 5.83. The molecule has 138 valence electrons. The Balaban J connectivity index is 1.99. The molecule has 0 radical (unpaired) electrons. The van der Waals surface area contributed by atoms with Gasteiger partial charge in [0.25, 0.3) is 5.56 Å². The van der Waals surface area contributed by atoms with E-state index < -0.39 is 0 Å². The topological polar surface area (TPSA) is 34.9 Å². The van der Waals surface area contributed by atoms with Crippen LogP contribution in [0, 0.1) is 13.8 Å². The predicted molar refractivity (Wildman–Crippen MR) is 117 cm³/mol. The number of aromatic nitrogens is 2. The van der Waals surface area contributed by atoms with Gasteiger partial charge in [-0.15, -0.1) is 0 Å². The zero-order valence-corrected chi connectivity index (χ0v) is 16.4. The summed E-state index contributed by atoms with van der Waals surface area (Å²) in [7, 11) is 0. The van der Waals surface area contributed by atoms with Crippen molar-refractivity contribution < 1.29 is 0 Å². The number of aryl methyl sites for hydroxylation is 2. The summed E-state index contributed by atoms with van der Waals surface area (Å²) in [6, 6.07) is 21.0.